The molecule has 0 saturated heterocycles. The quantitative estimate of drug-likeness (QED) is 0.636. The van der Waals surface area contributed by atoms with Gasteiger partial charge >= 0.3 is 0 Å². The summed E-state index contributed by atoms with van der Waals surface area (Å²) >= 11 is 0. The van der Waals surface area contributed by atoms with Gasteiger partial charge in [0.1, 0.15) is 0 Å². The Morgan fingerprint density at radius 1 is 1.39 bits per heavy atom. The number of nitrogens with one attached hydrogen (secondary N) is 1. The lowest BCUT2D eigenvalue weighted by molar-refractivity contribution is 0.0956. The van der Waals surface area contributed by atoms with Crippen molar-refractivity contribution in [3.8, 4) is 0 Å². The lowest BCUT2D eigenvalue weighted by Crippen LogP contribution is -2.19. The fourth-order valence-electron chi connectivity index (χ4n) is 1.81. The van der Waals surface area contributed by atoms with Crippen molar-refractivity contribution in [2.24, 2.45) is 0 Å². The van der Waals surface area contributed by atoms with E-state index in [1.54, 1.807) is 7.11 Å². The molecular weight excluding hydrogens is 230 g/mol. The minimum Gasteiger partial charge on any atom is -0.385 e. The Bertz CT molecular complexity index is 337. The van der Waals surface area contributed by atoms with Gasteiger partial charge in [-0.1, -0.05) is 0 Å². The van der Waals surface area contributed by atoms with Gasteiger partial charge in [0, 0.05) is 39.1 Å². The normalized spacial score (nSPS) is 15.2. The molecule has 1 N–H and O–H groups in total. The average molecular weight is 253 g/mol. The molecule has 0 spiro atoms. The van der Waals surface area contributed by atoms with E-state index in [0.717, 1.165) is 38.8 Å². The molecule has 5 nitrogen and oxygen atoms in total. The molecule has 0 atom stereocenters. The summed E-state index contributed by atoms with van der Waals surface area (Å²) in [5, 5.41) is 7.82. The van der Waals surface area contributed by atoms with E-state index in [4.69, 9.17) is 9.47 Å². The number of ether oxygens (including phenoxy) is 2. The van der Waals surface area contributed by atoms with Crippen LogP contribution in [-0.2, 0) is 22.6 Å². The summed E-state index contributed by atoms with van der Waals surface area (Å²) in [7, 11) is 1.71. The van der Waals surface area contributed by atoms with Gasteiger partial charge in [-0.2, -0.15) is 5.10 Å². The number of methoxy groups -OCH3 is 1. The standard InChI is InChI=1S/C13H23N3O2/c1-17-8-2-9-18-10-7-16-13(5-6-15-16)11-14-12-3-4-12/h5-6,12,14H,2-4,7-11H2,1H3. The van der Waals surface area contributed by atoms with Crippen molar-refractivity contribution in [3.63, 3.8) is 0 Å². The van der Waals surface area contributed by atoms with Crippen LogP contribution in [0.1, 0.15) is 25.0 Å². The molecule has 1 saturated carbocycles. The Morgan fingerprint density at radius 3 is 3.06 bits per heavy atom. The highest BCUT2D eigenvalue weighted by Gasteiger charge is 2.20. The maximum atomic E-state index is 5.54. The number of hydrogen-bond acceptors (Lipinski definition) is 4. The molecule has 0 bridgehead atoms. The van der Waals surface area contributed by atoms with Gasteiger partial charge in [-0.15, -0.1) is 0 Å². The molecule has 0 amide bonds. The zero-order valence-corrected chi connectivity index (χ0v) is 11.1. The van der Waals surface area contributed by atoms with Crippen molar-refractivity contribution in [2.75, 3.05) is 26.9 Å². The predicted molar refractivity (Wildman–Crippen MR) is 69.4 cm³/mol. The molecule has 0 aromatic carbocycles. The fourth-order valence-corrected chi connectivity index (χ4v) is 1.81. The molecule has 102 valence electrons. The van der Waals surface area contributed by atoms with Crippen LogP contribution in [0.5, 0.6) is 0 Å². The maximum absolute atomic E-state index is 5.54. The van der Waals surface area contributed by atoms with Gasteiger partial charge in [-0.25, -0.2) is 0 Å². The van der Waals surface area contributed by atoms with E-state index < -0.39 is 0 Å². The first-order valence-corrected chi connectivity index (χ1v) is 6.71. The second kappa shape index (κ2) is 7.51. The number of rotatable bonds is 10. The lowest BCUT2D eigenvalue weighted by atomic mass is 10.4. The molecule has 1 fully saturated rings. The third-order valence-corrected chi connectivity index (χ3v) is 3.04. The van der Waals surface area contributed by atoms with E-state index in [1.165, 1.54) is 18.5 Å². The highest BCUT2D eigenvalue weighted by Crippen LogP contribution is 2.19. The van der Waals surface area contributed by atoms with Crippen molar-refractivity contribution in [2.45, 2.75) is 38.4 Å². The van der Waals surface area contributed by atoms with Crippen LogP contribution in [0, 0.1) is 0 Å². The van der Waals surface area contributed by atoms with E-state index in [-0.39, 0.29) is 0 Å². The van der Waals surface area contributed by atoms with Gasteiger partial charge in [0.15, 0.2) is 0 Å². The van der Waals surface area contributed by atoms with Crippen molar-refractivity contribution in [1.82, 2.24) is 15.1 Å². The van der Waals surface area contributed by atoms with Crippen LogP contribution in [0.4, 0.5) is 0 Å². The highest BCUT2D eigenvalue weighted by molar-refractivity contribution is 5.01. The third-order valence-electron chi connectivity index (χ3n) is 3.04. The van der Waals surface area contributed by atoms with Crippen LogP contribution >= 0.6 is 0 Å². The maximum Gasteiger partial charge on any atom is 0.0662 e. The van der Waals surface area contributed by atoms with Gasteiger partial charge in [0.2, 0.25) is 0 Å². The zero-order valence-electron chi connectivity index (χ0n) is 11.1. The van der Waals surface area contributed by atoms with Crippen LogP contribution < -0.4 is 5.32 Å². The number of nitrogens with zero attached hydrogens (tertiary/aromatic N) is 2. The lowest BCUT2D eigenvalue weighted by Gasteiger charge is -2.09. The minimum atomic E-state index is 0.710. The van der Waals surface area contributed by atoms with E-state index in [0.29, 0.717) is 6.61 Å². The third kappa shape index (κ3) is 4.76. The Morgan fingerprint density at radius 2 is 2.28 bits per heavy atom. The van der Waals surface area contributed by atoms with E-state index in [1.807, 2.05) is 10.9 Å². The summed E-state index contributed by atoms with van der Waals surface area (Å²) in [6, 6.07) is 2.80. The molecule has 2 rings (SSSR count). The molecule has 0 radical (unpaired) electrons. The van der Waals surface area contributed by atoms with Crippen LogP contribution in [0.25, 0.3) is 0 Å². The van der Waals surface area contributed by atoms with Gasteiger partial charge in [0.05, 0.1) is 18.8 Å². The summed E-state index contributed by atoms with van der Waals surface area (Å²) in [6.45, 7) is 3.96. The number of aromatic nitrogens is 2. The minimum absolute atomic E-state index is 0.710. The first kappa shape index (κ1) is 13.5. The Kier molecular flexibility index (Phi) is 5.64. The molecule has 1 aromatic heterocycles. The molecule has 0 aliphatic heterocycles. The van der Waals surface area contributed by atoms with Crippen LogP contribution in [0.15, 0.2) is 12.3 Å². The first-order valence-electron chi connectivity index (χ1n) is 6.71. The summed E-state index contributed by atoms with van der Waals surface area (Å²) in [4.78, 5) is 0. The average Bonchev–Trinajstić information content (AvgIpc) is 3.11. The molecule has 1 aliphatic rings. The van der Waals surface area contributed by atoms with Crippen molar-refractivity contribution >= 4 is 0 Å². The fraction of sp³-hybridized carbons (Fsp3) is 0.769. The first-order chi connectivity index (χ1) is 8.90. The monoisotopic (exact) mass is 253 g/mol. The van der Waals surface area contributed by atoms with Crippen LogP contribution in [0.2, 0.25) is 0 Å². The van der Waals surface area contributed by atoms with Gasteiger partial charge in [-0.05, 0) is 25.3 Å². The Hall–Kier alpha value is -0.910. The van der Waals surface area contributed by atoms with Crippen molar-refractivity contribution < 1.29 is 9.47 Å². The van der Waals surface area contributed by atoms with Gasteiger partial charge < -0.3 is 14.8 Å². The second-order valence-electron chi connectivity index (χ2n) is 4.66. The van der Waals surface area contributed by atoms with Gasteiger partial charge in [-0.3, -0.25) is 4.68 Å². The zero-order chi connectivity index (χ0) is 12.6. The second-order valence-corrected chi connectivity index (χ2v) is 4.66. The number of hydrogen-bond donors (Lipinski definition) is 1. The molecule has 18 heavy (non-hydrogen) atoms. The molecule has 0 unspecified atom stereocenters. The smallest absolute Gasteiger partial charge is 0.0662 e. The van der Waals surface area contributed by atoms with E-state index >= 15 is 0 Å². The highest BCUT2D eigenvalue weighted by atomic mass is 16.5. The Labute approximate surface area is 108 Å². The molecular formula is C13H23N3O2. The summed E-state index contributed by atoms with van der Waals surface area (Å²) in [6.07, 6.45) is 5.44. The van der Waals surface area contributed by atoms with E-state index in [9.17, 15) is 0 Å². The SMILES string of the molecule is COCCCOCCn1nccc1CNC1CC1. The summed E-state index contributed by atoms with van der Waals surface area (Å²) < 4.78 is 12.5. The van der Waals surface area contributed by atoms with Gasteiger partial charge in [0.25, 0.3) is 0 Å². The molecule has 1 heterocycles. The largest absolute Gasteiger partial charge is 0.385 e. The molecule has 1 aromatic rings. The molecule has 5 heteroatoms. The predicted octanol–water partition coefficient (Wildman–Crippen LogP) is 1.19. The summed E-state index contributed by atoms with van der Waals surface area (Å²) in [5.74, 6) is 0. The molecule has 1 aliphatic carbocycles. The van der Waals surface area contributed by atoms with E-state index in [2.05, 4.69) is 16.5 Å². The van der Waals surface area contributed by atoms with Crippen LogP contribution in [-0.4, -0.2) is 42.8 Å². The Balaban J connectivity index is 1.60. The van der Waals surface area contributed by atoms with Crippen LogP contribution in [0.3, 0.4) is 0 Å². The van der Waals surface area contributed by atoms with Crippen molar-refractivity contribution in [1.29, 1.82) is 0 Å². The van der Waals surface area contributed by atoms with Crippen molar-refractivity contribution in [3.05, 3.63) is 18.0 Å². The summed E-state index contributed by atoms with van der Waals surface area (Å²) in [5.41, 5.74) is 1.24. The topological polar surface area (TPSA) is 48.3 Å².